The van der Waals surface area contributed by atoms with E-state index < -0.39 is 0 Å². The molecule has 2 heterocycles. The maximum atomic E-state index is 12.8. The van der Waals surface area contributed by atoms with Crippen LogP contribution in [-0.2, 0) is 7.05 Å². The molecule has 3 rings (SSSR count). The summed E-state index contributed by atoms with van der Waals surface area (Å²) in [6, 6.07) is 9.08. The third-order valence-corrected chi connectivity index (χ3v) is 3.75. The largest absolute Gasteiger partial charge is 0.306 e. The number of carbonyl (C=O) groups excluding carboxylic acids is 2. The molecule has 0 saturated carbocycles. The number of hydrogen-bond acceptors (Lipinski definition) is 3. The summed E-state index contributed by atoms with van der Waals surface area (Å²) < 4.78 is 1.59. The number of nitrogens with zero attached hydrogens (tertiary/aromatic N) is 3. The Hall–Kier alpha value is -2.43. The monoisotopic (exact) mass is 283 g/mol. The van der Waals surface area contributed by atoms with Crippen molar-refractivity contribution in [3.8, 4) is 0 Å². The lowest BCUT2D eigenvalue weighted by Gasteiger charge is -2.22. The highest BCUT2D eigenvalue weighted by Crippen LogP contribution is 2.27. The highest BCUT2D eigenvalue weighted by atomic mass is 16.2. The lowest BCUT2D eigenvalue weighted by Crippen LogP contribution is -2.33. The van der Waals surface area contributed by atoms with Crippen LogP contribution in [0.15, 0.2) is 30.3 Å². The number of hydrogen-bond donors (Lipinski definition) is 0. The molecular weight excluding hydrogens is 266 g/mol. The second-order valence-electron chi connectivity index (χ2n) is 5.30. The summed E-state index contributed by atoms with van der Waals surface area (Å²) >= 11 is 0. The fourth-order valence-electron chi connectivity index (χ4n) is 2.76. The van der Waals surface area contributed by atoms with Gasteiger partial charge in [0.1, 0.15) is 5.69 Å². The molecule has 0 N–H and O–H groups in total. The van der Waals surface area contributed by atoms with Gasteiger partial charge in [-0.05, 0) is 31.5 Å². The molecule has 5 heteroatoms. The zero-order valence-corrected chi connectivity index (χ0v) is 12.2. The summed E-state index contributed by atoms with van der Waals surface area (Å²) in [6.07, 6.45) is 1.15. The molecule has 5 nitrogen and oxygen atoms in total. The van der Waals surface area contributed by atoms with Gasteiger partial charge < -0.3 is 4.90 Å². The second-order valence-corrected chi connectivity index (χ2v) is 5.30. The Kier molecular flexibility index (Phi) is 3.33. The summed E-state index contributed by atoms with van der Waals surface area (Å²) in [6.45, 7) is 2.41. The van der Waals surface area contributed by atoms with E-state index in [0.717, 1.165) is 5.69 Å². The number of aromatic nitrogens is 2. The molecule has 1 amide bonds. The van der Waals surface area contributed by atoms with E-state index in [1.54, 1.807) is 28.8 Å². The van der Waals surface area contributed by atoms with Crippen molar-refractivity contribution in [3.63, 3.8) is 0 Å². The van der Waals surface area contributed by atoms with E-state index in [9.17, 15) is 9.59 Å². The molecule has 0 fully saturated rings. The van der Waals surface area contributed by atoms with Gasteiger partial charge in [0, 0.05) is 25.6 Å². The number of carbonyl (C=O) groups is 2. The third kappa shape index (κ3) is 2.35. The van der Waals surface area contributed by atoms with Crippen LogP contribution in [0.25, 0.3) is 0 Å². The van der Waals surface area contributed by atoms with Gasteiger partial charge in [0.15, 0.2) is 5.78 Å². The molecule has 0 unspecified atom stereocenters. The minimum atomic E-state index is -0.111. The first kappa shape index (κ1) is 13.5. The lowest BCUT2D eigenvalue weighted by atomic mass is 10.1. The fraction of sp³-hybridized carbons (Fsp3) is 0.312. The van der Waals surface area contributed by atoms with Crippen LogP contribution >= 0.6 is 0 Å². The Balaban J connectivity index is 2.06. The van der Waals surface area contributed by atoms with Crippen LogP contribution < -0.4 is 4.90 Å². The summed E-state index contributed by atoms with van der Waals surface area (Å²) in [4.78, 5) is 26.6. The van der Waals surface area contributed by atoms with Crippen molar-refractivity contribution in [2.24, 2.45) is 7.05 Å². The molecule has 1 aromatic heterocycles. The predicted octanol–water partition coefficient (Wildman–Crippen LogP) is 2.35. The smallest absolute Gasteiger partial charge is 0.276 e. The number of Topliss-reactive ketones (excluding diaryl/α,β-unsaturated/α-hetero) is 1. The lowest BCUT2D eigenvalue weighted by molar-refractivity contribution is 0.0969. The minimum absolute atomic E-state index is 0.0992. The van der Waals surface area contributed by atoms with Crippen molar-refractivity contribution in [1.29, 1.82) is 0 Å². The molecule has 21 heavy (non-hydrogen) atoms. The number of anilines is 1. The first-order chi connectivity index (χ1) is 10.1. The van der Waals surface area contributed by atoms with E-state index in [1.165, 1.54) is 0 Å². The highest BCUT2D eigenvalue weighted by Gasteiger charge is 2.27. The minimum Gasteiger partial charge on any atom is -0.306 e. The summed E-state index contributed by atoms with van der Waals surface area (Å²) in [5.74, 6) is -0.0117. The van der Waals surface area contributed by atoms with Gasteiger partial charge in [0.2, 0.25) is 0 Å². The molecule has 2 aromatic rings. The van der Waals surface area contributed by atoms with Gasteiger partial charge in [-0.1, -0.05) is 12.1 Å². The van der Waals surface area contributed by atoms with Crippen LogP contribution in [0.3, 0.4) is 0 Å². The van der Waals surface area contributed by atoms with Crippen molar-refractivity contribution < 1.29 is 9.59 Å². The van der Waals surface area contributed by atoms with Crippen molar-refractivity contribution in [3.05, 3.63) is 47.3 Å². The highest BCUT2D eigenvalue weighted by molar-refractivity contribution is 6.11. The predicted molar refractivity (Wildman–Crippen MR) is 79.6 cm³/mol. The number of ketones is 1. The van der Waals surface area contributed by atoms with Gasteiger partial charge in [-0.2, -0.15) is 5.10 Å². The van der Waals surface area contributed by atoms with Gasteiger partial charge in [0.05, 0.1) is 11.4 Å². The Morgan fingerprint density at radius 3 is 2.76 bits per heavy atom. The van der Waals surface area contributed by atoms with Gasteiger partial charge in [-0.15, -0.1) is 0 Å². The van der Waals surface area contributed by atoms with Crippen LogP contribution in [0.5, 0.6) is 0 Å². The van der Waals surface area contributed by atoms with Crippen molar-refractivity contribution >= 4 is 17.4 Å². The molecule has 1 aromatic carbocycles. The molecule has 108 valence electrons. The number of amides is 1. The van der Waals surface area contributed by atoms with Crippen LogP contribution in [0.4, 0.5) is 5.69 Å². The average Bonchev–Trinajstić information content (AvgIpc) is 2.71. The maximum Gasteiger partial charge on any atom is 0.276 e. The number of benzene rings is 1. The van der Waals surface area contributed by atoms with Crippen molar-refractivity contribution in [2.75, 3.05) is 11.4 Å². The Morgan fingerprint density at radius 2 is 2.05 bits per heavy atom. The van der Waals surface area contributed by atoms with Gasteiger partial charge in [-0.3, -0.25) is 14.3 Å². The van der Waals surface area contributed by atoms with Gasteiger partial charge >= 0.3 is 0 Å². The van der Waals surface area contributed by atoms with Crippen molar-refractivity contribution in [2.45, 2.75) is 19.8 Å². The second kappa shape index (κ2) is 5.16. The summed E-state index contributed by atoms with van der Waals surface area (Å²) in [7, 11) is 1.76. The Morgan fingerprint density at radius 1 is 1.29 bits per heavy atom. The molecule has 1 aliphatic rings. The maximum absolute atomic E-state index is 12.8. The normalized spacial score (nSPS) is 14.8. The Bertz CT molecular complexity index is 718. The fourth-order valence-corrected chi connectivity index (χ4v) is 2.76. The number of para-hydroxylation sites is 1. The van der Waals surface area contributed by atoms with Crippen LogP contribution in [-0.4, -0.2) is 28.0 Å². The SMILES string of the molecule is Cc1cc(C(=O)N2CCCC(=O)c3ccccc32)n(C)n1. The zero-order valence-electron chi connectivity index (χ0n) is 12.2. The molecule has 0 bridgehead atoms. The quantitative estimate of drug-likeness (QED) is 0.807. The van der Waals surface area contributed by atoms with Crippen molar-refractivity contribution in [1.82, 2.24) is 9.78 Å². The van der Waals surface area contributed by atoms with E-state index in [0.29, 0.717) is 36.3 Å². The van der Waals surface area contributed by atoms with E-state index in [2.05, 4.69) is 5.10 Å². The van der Waals surface area contributed by atoms with Crippen LogP contribution in [0.1, 0.15) is 39.4 Å². The number of fused-ring (bicyclic) bond motifs is 1. The standard InChI is InChI=1S/C16H17N3O2/c1-11-10-14(18(2)17-11)16(21)19-9-5-8-15(20)12-6-3-4-7-13(12)19/h3-4,6-7,10H,5,8-9H2,1-2H3. The molecule has 0 radical (unpaired) electrons. The van der Waals surface area contributed by atoms with E-state index in [4.69, 9.17) is 0 Å². The summed E-state index contributed by atoms with van der Waals surface area (Å²) in [5.41, 5.74) is 2.67. The average molecular weight is 283 g/mol. The molecule has 0 aliphatic carbocycles. The first-order valence-corrected chi connectivity index (χ1v) is 7.02. The third-order valence-electron chi connectivity index (χ3n) is 3.75. The van der Waals surface area contributed by atoms with Gasteiger partial charge in [-0.25, -0.2) is 0 Å². The van der Waals surface area contributed by atoms with E-state index >= 15 is 0 Å². The van der Waals surface area contributed by atoms with Crippen LogP contribution in [0, 0.1) is 6.92 Å². The Labute approximate surface area is 123 Å². The topological polar surface area (TPSA) is 55.2 Å². The van der Waals surface area contributed by atoms with E-state index in [-0.39, 0.29) is 11.7 Å². The molecule has 0 atom stereocenters. The van der Waals surface area contributed by atoms with Gasteiger partial charge in [0.25, 0.3) is 5.91 Å². The molecular formula is C16H17N3O2. The molecule has 0 saturated heterocycles. The van der Waals surface area contributed by atoms with E-state index in [1.807, 2.05) is 25.1 Å². The first-order valence-electron chi connectivity index (χ1n) is 7.02. The summed E-state index contributed by atoms with van der Waals surface area (Å²) in [5, 5.41) is 4.22. The molecule has 1 aliphatic heterocycles. The zero-order chi connectivity index (χ0) is 15.0. The molecule has 0 spiro atoms. The number of rotatable bonds is 1. The van der Waals surface area contributed by atoms with Crippen LogP contribution in [0.2, 0.25) is 0 Å². The number of aryl methyl sites for hydroxylation is 2.